The zero-order valence-corrected chi connectivity index (χ0v) is 12.4. The topological polar surface area (TPSA) is 58.6 Å². The fraction of sp³-hybridized carbons (Fsp3) is 0.278. The van der Waals surface area contributed by atoms with E-state index >= 15 is 0 Å². The summed E-state index contributed by atoms with van der Waals surface area (Å²) < 4.78 is 5.18. The molecule has 0 spiro atoms. The van der Waals surface area contributed by atoms with Crippen LogP contribution in [0.15, 0.2) is 60.7 Å². The van der Waals surface area contributed by atoms with Crippen molar-refractivity contribution in [3.63, 3.8) is 0 Å². The Bertz CT molecular complexity index is 557. The minimum Gasteiger partial charge on any atom is -0.445 e. The van der Waals surface area contributed by atoms with Crippen LogP contribution in [-0.4, -0.2) is 24.4 Å². The molecule has 0 saturated carbocycles. The van der Waals surface area contributed by atoms with Gasteiger partial charge in [-0.15, -0.1) is 0 Å². The summed E-state index contributed by atoms with van der Waals surface area (Å²) in [5, 5.41) is 11.9. The molecular weight excluding hydrogens is 278 g/mol. The van der Waals surface area contributed by atoms with E-state index in [0.717, 1.165) is 11.1 Å². The fourth-order valence-electron chi connectivity index (χ4n) is 2.25. The predicted molar refractivity (Wildman–Crippen MR) is 85.5 cm³/mol. The summed E-state index contributed by atoms with van der Waals surface area (Å²) in [4.78, 5) is 11.8. The van der Waals surface area contributed by atoms with E-state index in [1.807, 2.05) is 60.7 Å². The van der Waals surface area contributed by atoms with E-state index < -0.39 is 6.09 Å². The molecule has 0 heterocycles. The van der Waals surface area contributed by atoms with Gasteiger partial charge in [0.25, 0.3) is 0 Å². The molecule has 2 aromatic rings. The third kappa shape index (κ3) is 5.22. The van der Waals surface area contributed by atoms with Gasteiger partial charge in [-0.2, -0.15) is 0 Å². The van der Waals surface area contributed by atoms with E-state index in [-0.39, 0.29) is 19.1 Å². The molecule has 4 heteroatoms. The van der Waals surface area contributed by atoms with Gasteiger partial charge in [0, 0.05) is 19.1 Å². The Balaban J connectivity index is 1.80. The maximum absolute atomic E-state index is 11.8. The standard InChI is InChI=1S/C18H21NO3/c20-12-11-17(16-9-5-2-6-10-16)13-19-18(21)22-14-15-7-3-1-4-8-15/h1-10,17,20H,11-14H2,(H,19,21). The largest absolute Gasteiger partial charge is 0.445 e. The summed E-state index contributed by atoms with van der Waals surface area (Å²) in [6, 6.07) is 19.4. The van der Waals surface area contributed by atoms with Crippen molar-refractivity contribution in [3.05, 3.63) is 71.8 Å². The molecule has 22 heavy (non-hydrogen) atoms. The lowest BCUT2D eigenvalue weighted by Gasteiger charge is -2.17. The zero-order valence-electron chi connectivity index (χ0n) is 12.4. The van der Waals surface area contributed by atoms with E-state index in [9.17, 15) is 9.90 Å². The number of benzene rings is 2. The number of amides is 1. The Labute approximate surface area is 130 Å². The molecule has 1 amide bonds. The minimum atomic E-state index is -0.442. The summed E-state index contributed by atoms with van der Waals surface area (Å²) in [5.41, 5.74) is 2.05. The molecule has 1 unspecified atom stereocenters. The molecule has 2 rings (SSSR count). The first kappa shape index (κ1) is 16.0. The van der Waals surface area contributed by atoms with Crippen molar-refractivity contribution in [3.8, 4) is 0 Å². The number of rotatable bonds is 7. The lowest BCUT2D eigenvalue weighted by molar-refractivity contribution is 0.138. The number of nitrogens with one attached hydrogen (secondary N) is 1. The molecule has 2 N–H and O–H groups in total. The SMILES string of the molecule is O=C(NCC(CCO)c1ccccc1)OCc1ccccc1. The number of ether oxygens (including phenoxy) is 1. The number of alkyl carbamates (subject to hydrolysis) is 1. The van der Waals surface area contributed by atoms with Crippen molar-refractivity contribution in [1.82, 2.24) is 5.32 Å². The Kier molecular flexibility index (Phi) is 6.45. The zero-order chi connectivity index (χ0) is 15.6. The summed E-state index contributed by atoms with van der Waals surface area (Å²) in [7, 11) is 0. The summed E-state index contributed by atoms with van der Waals surface area (Å²) >= 11 is 0. The normalized spacial score (nSPS) is 11.7. The maximum atomic E-state index is 11.8. The first-order valence-electron chi connectivity index (χ1n) is 7.40. The molecule has 0 aliphatic rings. The lowest BCUT2D eigenvalue weighted by Crippen LogP contribution is -2.29. The molecule has 0 fully saturated rings. The van der Waals surface area contributed by atoms with Crippen molar-refractivity contribution in [2.75, 3.05) is 13.2 Å². The number of carbonyl (C=O) groups is 1. The molecule has 0 aliphatic carbocycles. The highest BCUT2D eigenvalue weighted by Gasteiger charge is 2.12. The second-order valence-electron chi connectivity index (χ2n) is 5.06. The number of carbonyl (C=O) groups excluding carboxylic acids is 1. The third-order valence-electron chi connectivity index (χ3n) is 3.45. The third-order valence-corrected chi connectivity index (χ3v) is 3.45. The quantitative estimate of drug-likeness (QED) is 0.826. The van der Waals surface area contributed by atoms with E-state index in [1.54, 1.807) is 0 Å². The van der Waals surface area contributed by atoms with Crippen LogP contribution in [0.25, 0.3) is 0 Å². The molecule has 1 atom stereocenters. The molecular formula is C18H21NO3. The number of hydrogen-bond acceptors (Lipinski definition) is 3. The van der Waals surface area contributed by atoms with Crippen LogP contribution in [0.5, 0.6) is 0 Å². The van der Waals surface area contributed by atoms with E-state index in [0.29, 0.717) is 13.0 Å². The van der Waals surface area contributed by atoms with Crippen LogP contribution in [0.2, 0.25) is 0 Å². The Morgan fingerprint density at radius 2 is 1.68 bits per heavy atom. The monoisotopic (exact) mass is 299 g/mol. The van der Waals surface area contributed by atoms with Crippen LogP contribution in [0.4, 0.5) is 4.79 Å². The average molecular weight is 299 g/mol. The van der Waals surface area contributed by atoms with Gasteiger partial charge in [0.15, 0.2) is 0 Å². The number of aliphatic hydroxyl groups is 1. The van der Waals surface area contributed by atoms with Gasteiger partial charge in [-0.05, 0) is 17.5 Å². The van der Waals surface area contributed by atoms with Crippen molar-refractivity contribution < 1.29 is 14.6 Å². The van der Waals surface area contributed by atoms with Crippen LogP contribution in [0.3, 0.4) is 0 Å². The van der Waals surface area contributed by atoms with Crippen LogP contribution in [0, 0.1) is 0 Å². The average Bonchev–Trinajstić information content (AvgIpc) is 2.58. The van der Waals surface area contributed by atoms with Crippen molar-refractivity contribution in [2.45, 2.75) is 18.9 Å². The van der Waals surface area contributed by atoms with Crippen LogP contribution < -0.4 is 5.32 Å². The highest BCUT2D eigenvalue weighted by Crippen LogP contribution is 2.18. The lowest BCUT2D eigenvalue weighted by atomic mass is 9.96. The minimum absolute atomic E-state index is 0.0791. The summed E-state index contributed by atoms with van der Waals surface area (Å²) in [6.45, 7) is 0.779. The first-order chi connectivity index (χ1) is 10.8. The second kappa shape index (κ2) is 8.85. The fourth-order valence-corrected chi connectivity index (χ4v) is 2.25. The van der Waals surface area contributed by atoms with Gasteiger partial charge in [0.2, 0.25) is 0 Å². The van der Waals surface area contributed by atoms with Crippen molar-refractivity contribution in [2.24, 2.45) is 0 Å². The maximum Gasteiger partial charge on any atom is 0.407 e. The van der Waals surface area contributed by atoms with E-state index in [2.05, 4.69) is 5.32 Å². The molecule has 0 aliphatic heterocycles. The first-order valence-corrected chi connectivity index (χ1v) is 7.40. The highest BCUT2D eigenvalue weighted by atomic mass is 16.5. The molecule has 116 valence electrons. The summed E-state index contributed by atoms with van der Waals surface area (Å²) in [6.07, 6.45) is 0.158. The van der Waals surface area contributed by atoms with Gasteiger partial charge in [0.05, 0.1) is 0 Å². The Morgan fingerprint density at radius 3 is 2.32 bits per heavy atom. The highest BCUT2D eigenvalue weighted by molar-refractivity contribution is 5.67. The van der Waals surface area contributed by atoms with E-state index in [4.69, 9.17) is 4.74 Å². The predicted octanol–water partition coefficient (Wildman–Crippen LogP) is 3.08. The van der Waals surface area contributed by atoms with Crippen molar-refractivity contribution >= 4 is 6.09 Å². The van der Waals surface area contributed by atoms with Crippen LogP contribution in [-0.2, 0) is 11.3 Å². The van der Waals surface area contributed by atoms with Gasteiger partial charge < -0.3 is 15.2 Å². The van der Waals surface area contributed by atoms with Gasteiger partial charge in [-0.25, -0.2) is 4.79 Å². The van der Waals surface area contributed by atoms with Crippen molar-refractivity contribution in [1.29, 1.82) is 0 Å². The molecule has 2 aromatic carbocycles. The van der Waals surface area contributed by atoms with Gasteiger partial charge in [-0.3, -0.25) is 0 Å². The smallest absolute Gasteiger partial charge is 0.407 e. The molecule has 0 saturated heterocycles. The molecule has 4 nitrogen and oxygen atoms in total. The Hall–Kier alpha value is -2.33. The summed E-state index contributed by atoms with van der Waals surface area (Å²) in [5.74, 6) is 0.0791. The number of hydrogen-bond donors (Lipinski definition) is 2. The Morgan fingerprint density at radius 1 is 1.05 bits per heavy atom. The second-order valence-corrected chi connectivity index (χ2v) is 5.06. The van der Waals surface area contributed by atoms with E-state index in [1.165, 1.54) is 0 Å². The number of aliphatic hydroxyl groups excluding tert-OH is 1. The molecule has 0 aromatic heterocycles. The van der Waals surface area contributed by atoms with Gasteiger partial charge >= 0.3 is 6.09 Å². The van der Waals surface area contributed by atoms with Crippen LogP contribution in [0.1, 0.15) is 23.5 Å². The molecule has 0 bridgehead atoms. The van der Waals surface area contributed by atoms with Gasteiger partial charge in [0.1, 0.15) is 6.61 Å². The van der Waals surface area contributed by atoms with Gasteiger partial charge in [-0.1, -0.05) is 60.7 Å². The molecule has 0 radical (unpaired) electrons. The van der Waals surface area contributed by atoms with Crippen LogP contribution >= 0.6 is 0 Å².